The van der Waals surface area contributed by atoms with Crippen LogP contribution in [0.4, 0.5) is 0 Å². The molecule has 3 rings (SSSR count). The molecule has 0 radical (unpaired) electrons. The van der Waals surface area contributed by atoms with Crippen molar-refractivity contribution < 1.29 is 28.2 Å². The topological polar surface area (TPSA) is 106 Å². The Balaban J connectivity index is 2.16. The molecule has 7 nitrogen and oxygen atoms in total. The fourth-order valence-corrected chi connectivity index (χ4v) is 2.62. The molecule has 0 spiro atoms. The van der Waals surface area contributed by atoms with Gasteiger partial charge in [-0.25, -0.2) is 4.57 Å². The zero-order valence-corrected chi connectivity index (χ0v) is 13.5. The second-order valence-electron chi connectivity index (χ2n) is 4.89. The van der Waals surface area contributed by atoms with Crippen LogP contribution >= 0.6 is 8.25 Å². The molecule has 2 aromatic carbocycles. The molecule has 124 valence electrons. The number of benzene rings is 2. The SMILES string of the molecule is COc1ccc(-c2cc(=O)c3c(O)cc(O[PH](=O)O)cc3o2)cc1. The lowest BCUT2D eigenvalue weighted by molar-refractivity contribution is 0.408. The standard InChI is InChI=1S/C16H13O7P/c1-21-10-4-2-9(3-5-10)14-8-13(18)16-12(17)6-11(23-24(19)20)7-15(16)22-14/h2-8,17,24H,1H3,(H,19,20). The van der Waals surface area contributed by atoms with Gasteiger partial charge in [0.25, 0.3) is 0 Å². The number of hydrogen-bond acceptors (Lipinski definition) is 6. The van der Waals surface area contributed by atoms with Crippen molar-refractivity contribution in [3.8, 4) is 28.6 Å². The Kier molecular flexibility index (Phi) is 4.29. The number of fused-ring (bicyclic) bond motifs is 1. The summed E-state index contributed by atoms with van der Waals surface area (Å²) in [6, 6.07) is 10.5. The Morgan fingerprint density at radius 1 is 1.08 bits per heavy atom. The lowest BCUT2D eigenvalue weighted by Crippen LogP contribution is -2.01. The molecule has 0 fully saturated rings. The van der Waals surface area contributed by atoms with Gasteiger partial charge in [-0.15, -0.1) is 0 Å². The minimum atomic E-state index is -3.25. The molecular weight excluding hydrogens is 335 g/mol. The molecule has 0 aliphatic carbocycles. The molecule has 0 amide bonds. The van der Waals surface area contributed by atoms with E-state index < -0.39 is 13.7 Å². The van der Waals surface area contributed by atoms with E-state index in [1.54, 1.807) is 31.4 Å². The minimum absolute atomic E-state index is 0.0303. The van der Waals surface area contributed by atoms with E-state index in [1.807, 2.05) is 0 Å². The number of aromatic hydroxyl groups is 1. The van der Waals surface area contributed by atoms with Crippen molar-refractivity contribution in [2.75, 3.05) is 7.11 Å². The summed E-state index contributed by atoms with van der Waals surface area (Å²) in [5.41, 5.74) is 0.241. The van der Waals surface area contributed by atoms with Crippen molar-refractivity contribution in [3.63, 3.8) is 0 Å². The molecule has 0 aliphatic heterocycles. The lowest BCUT2D eigenvalue weighted by atomic mass is 10.1. The Bertz CT molecular complexity index is 976. The number of methoxy groups -OCH3 is 1. The number of ether oxygens (including phenoxy) is 1. The van der Waals surface area contributed by atoms with E-state index in [2.05, 4.69) is 4.52 Å². The third-order valence-corrected chi connectivity index (χ3v) is 3.77. The van der Waals surface area contributed by atoms with Gasteiger partial charge in [0, 0.05) is 23.8 Å². The van der Waals surface area contributed by atoms with Gasteiger partial charge in [0.05, 0.1) is 7.11 Å². The molecule has 0 bridgehead atoms. The van der Waals surface area contributed by atoms with E-state index in [1.165, 1.54) is 12.1 Å². The summed E-state index contributed by atoms with van der Waals surface area (Å²) in [6.45, 7) is 0. The molecule has 1 heterocycles. The fraction of sp³-hybridized carbons (Fsp3) is 0.0625. The van der Waals surface area contributed by atoms with E-state index in [0.717, 1.165) is 6.07 Å². The maximum absolute atomic E-state index is 12.3. The molecule has 3 aromatic rings. The smallest absolute Gasteiger partial charge is 0.365 e. The number of rotatable bonds is 4. The van der Waals surface area contributed by atoms with E-state index in [0.29, 0.717) is 11.3 Å². The van der Waals surface area contributed by atoms with Crippen LogP contribution in [-0.2, 0) is 4.57 Å². The summed E-state index contributed by atoms with van der Waals surface area (Å²) in [6.07, 6.45) is 0. The van der Waals surface area contributed by atoms with Crippen LogP contribution in [0.5, 0.6) is 17.2 Å². The summed E-state index contributed by atoms with van der Waals surface area (Å²) < 4.78 is 26.2. The Morgan fingerprint density at radius 3 is 2.42 bits per heavy atom. The molecule has 1 atom stereocenters. The maximum Gasteiger partial charge on any atom is 0.365 e. The van der Waals surface area contributed by atoms with Gasteiger partial charge in [-0.2, -0.15) is 0 Å². The first-order valence-electron chi connectivity index (χ1n) is 6.84. The van der Waals surface area contributed by atoms with Gasteiger partial charge in [0.15, 0.2) is 5.43 Å². The molecule has 2 N–H and O–H groups in total. The first-order chi connectivity index (χ1) is 11.5. The molecule has 8 heteroatoms. The van der Waals surface area contributed by atoms with Crippen LogP contribution in [0.3, 0.4) is 0 Å². The van der Waals surface area contributed by atoms with E-state index in [-0.39, 0.29) is 28.2 Å². The zero-order chi connectivity index (χ0) is 17.3. The highest BCUT2D eigenvalue weighted by atomic mass is 31.1. The van der Waals surface area contributed by atoms with Crippen LogP contribution in [0.25, 0.3) is 22.3 Å². The molecule has 0 saturated heterocycles. The van der Waals surface area contributed by atoms with Crippen LogP contribution in [0.2, 0.25) is 0 Å². The van der Waals surface area contributed by atoms with Crippen LogP contribution in [0, 0.1) is 0 Å². The van der Waals surface area contributed by atoms with Gasteiger partial charge in [0.2, 0.25) is 0 Å². The quantitative estimate of drug-likeness (QED) is 0.698. The van der Waals surface area contributed by atoms with Crippen LogP contribution in [0.15, 0.2) is 51.7 Å². The minimum Gasteiger partial charge on any atom is -0.507 e. The van der Waals surface area contributed by atoms with E-state index in [9.17, 15) is 14.5 Å². The lowest BCUT2D eigenvalue weighted by Gasteiger charge is -2.08. The highest BCUT2D eigenvalue weighted by Crippen LogP contribution is 2.34. The van der Waals surface area contributed by atoms with Crippen molar-refractivity contribution in [1.82, 2.24) is 0 Å². The van der Waals surface area contributed by atoms with Crippen LogP contribution < -0.4 is 14.7 Å². The summed E-state index contributed by atoms with van der Waals surface area (Å²) in [7, 11) is -1.70. The Labute approximate surface area is 136 Å². The third kappa shape index (κ3) is 3.13. The van der Waals surface area contributed by atoms with Gasteiger partial charge in [-0.1, -0.05) is 0 Å². The summed E-state index contributed by atoms with van der Waals surface area (Å²) >= 11 is 0. The predicted molar refractivity (Wildman–Crippen MR) is 88.0 cm³/mol. The summed E-state index contributed by atoms with van der Waals surface area (Å²) in [5, 5.41) is 9.92. The van der Waals surface area contributed by atoms with Crippen molar-refractivity contribution in [1.29, 1.82) is 0 Å². The van der Waals surface area contributed by atoms with Crippen molar-refractivity contribution in [2.24, 2.45) is 0 Å². The number of phenolic OH excluding ortho intramolecular Hbond substituents is 1. The van der Waals surface area contributed by atoms with Gasteiger partial charge in [-0.3, -0.25) is 4.79 Å². The Hall–Kier alpha value is -2.76. The normalized spacial score (nSPS) is 12.1. The first kappa shape index (κ1) is 16.1. The number of phenols is 1. The van der Waals surface area contributed by atoms with Crippen LogP contribution in [-0.4, -0.2) is 17.1 Å². The fourth-order valence-electron chi connectivity index (χ4n) is 2.30. The summed E-state index contributed by atoms with van der Waals surface area (Å²) in [5.74, 6) is 0.480. The molecule has 1 unspecified atom stereocenters. The average molecular weight is 348 g/mol. The molecule has 24 heavy (non-hydrogen) atoms. The van der Waals surface area contributed by atoms with Gasteiger partial charge >= 0.3 is 8.25 Å². The third-order valence-electron chi connectivity index (χ3n) is 3.36. The van der Waals surface area contributed by atoms with Gasteiger partial charge < -0.3 is 23.7 Å². The van der Waals surface area contributed by atoms with E-state index >= 15 is 0 Å². The second-order valence-corrected chi connectivity index (χ2v) is 5.62. The second kappa shape index (κ2) is 6.39. The molecule has 1 aromatic heterocycles. The van der Waals surface area contributed by atoms with Gasteiger partial charge in [-0.05, 0) is 24.3 Å². The summed E-state index contributed by atoms with van der Waals surface area (Å²) in [4.78, 5) is 21.1. The highest BCUT2D eigenvalue weighted by Gasteiger charge is 2.13. The maximum atomic E-state index is 12.3. The number of hydrogen-bond donors (Lipinski definition) is 2. The van der Waals surface area contributed by atoms with Crippen molar-refractivity contribution in [3.05, 3.63) is 52.7 Å². The molecule has 0 saturated carbocycles. The molecule has 0 aliphatic rings. The average Bonchev–Trinajstić information content (AvgIpc) is 2.53. The Morgan fingerprint density at radius 2 is 1.79 bits per heavy atom. The predicted octanol–water partition coefficient (Wildman–Crippen LogP) is 2.94. The largest absolute Gasteiger partial charge is 0.507 e. The van der Waals surface area contributed by atoms with Crippen LogP contribution in [0.1, 0.15) is 0 Å². The highest BCUT2D eigenvalue weighted by molar-refractivity contribution is 7.32. The van der Waals surface area contributed by atoms with E-state index in [4.69, 9.17) is 14.0 Å². The first-order valence-corrected chi connectivity index (χ1v) is 8.10. The van der Waals surface area contributed by atoms with Crippen molar-refractivity contribution in [2.45, 2.75) is 0 Å². The monoisotopic (exact) mass is 348 g/mol. The zero-order valence-electron chi connectivity index (χ0n) is 12.5. The molecular formula is C16H13O7P. The van der Waals surface area contributed by atoms with Gasteiger partial charge in [0.1, 0.15) is 34.0 Å². The van der Waals surface area contributed by atoms with Crippen molar-refractivity contribution >= 4 is 19.2 Å².